The number of hydrogen-bond acceptors (Lipinski definition) is 5. The van der Waals surface area contributed by atoms with E-state index in [-0.39, 0.29) is 12.2 Å². The molecule has 3 heterocycles. The quantitative estimate of drug-likeness (QED) is 0.742. The molecular formula is C18H15F3N4OS. The van der Waals surface area contributed by atoms with E-state index in [9.17, 15) is 18.0 Å². The number of nitrogens with zero attached hydrogens (tertiary/aromatic N) is 3. The summed E-state index contributed by atoms with van der Waals surface area (Å²) in [5.41, 5.74) is 3.50. The van der Waals surface area contributed by atoms with Gasteiger partial charge < -0.3 is 4.98 Å². The topological polar surface area (TPSA) is 61.9 Å². The van der Waals surface area contributed by atoms with Crippen molar-refractivity contribution in [3.63, 3.8) is 0 Å². The molecule has 0 radical (unpaired) electrons. The molecular weight excluding hydrogens is 377 g/mol. The summed E-state index contributed by atoms with van der Waals surface area (Å²) in [4.78, 5) is 25.2. The molecule has 0 atom stereocenters. The predicted octanol–water partition coefficient (Wildman–Crippen LogP) is 3.47. The fourth-order valence-electron chi connectivity index (χ4n) is 3.17. The van der Waals surface area contributed by atoms with Gasteiger partial charge in [-0.15, -0.1) is 11.3 Å². The van der Waals surface area contributed by atoms with Gasteiger partial charge in [-0.3, -0.25) is 9.69 Å². The van der Waals surface area contributed by atoms with Gasteiger partial charge in [0.25, 0.3) is 5.56 Å². The molecule has 0 unspecified atom stereocenters. The van der Waals surface area contributed by atoms with Gasteiger partial charge in [-0.05, 0) is 0 Å². The molecule has 5 nitrogen and oxygen atoms in total. The smallest absolute Gasteiger partial charge is 0.303 e. The van der Waals surface area contributed by atoms with Gasteiger partial charge in [-0.2, -0.15) is 13.2 Å². The van der Waals surface area contributed by atoms with E-state index in [1.54, 1.807) is 5.51 Å². The maximum Gasteiger partial charge on any atom is 0.449 e. The molecule has 1 aliphatic rings. The van der Waals surface area contributed by atoms with Crippen LogP contribution in [0.4, 0.5) is 13.2 Å². The summed E-state index contributed by atoms with van der Waals surface area (Å²) < 4.78 is 38.5. The fourth-order valence-corrected chi connectivity index (χ4v) is 3.99. The molecule has 27 heavy (non-hydrogen) atoms. The molecule has 0 amide bonds. The zero-order valence-electron chi connectivity index (χ0n) is 14.1. The van der Waals surface area contributed by atoms with Crippen LogP contribution in [0.1, 0.15) is 22.0 Å². The minimum Gasteiger partial charge on any atom is -0.303 e. The van der Waals surface area contributed by atoms with Gasteiger partial charge >= 0.3 is 6.18 Å². The minimum absolute atomic E-state index is 0.231. The highest BCUT2D eigenvalue weighted by molar-refractivity contribution is 7.10. The fraction of sp³-hybridized carbons (Fsp3) is 0.278. The lowest BCUT2D eigenvalue weighted by Gasteiger charge is -2.27. The van der Waals surface area contributed by atoms with Crippen molar-refractivity contribution in [1.82, 2.24) is 19.9 Å². The molecule has 3 aromatic rings. The Hall–Kier alpha value is -2.52. The Morgan fingerprint density at radius 1 is 1.22 bits per heavy atom. The summed E-state index contributed by atoms with van der Waals surface area (Å²) in [5.74, 6) is -1.23. The summed E-state index contributed by atoms with van der Waals surface area (Å²) in [6.45, 7) is 1.38. The molecule has 1 N–H and O–H groups in total. The van der Waals surface area contributed by atoms with Crippen LogP contribution >= 0.6 is 11.3 Å². The molecule has 0 saturated carbocycles. The number of halogens is 3. The zero-order valence-corrected chi connectivity index (χ0v) is 14.9. The Morgan fingerprint density at radius 3 is 2.74 bits per heavy atom. The maximum absolute atomic E-state index is 12.8. The van der Waals surface area contributed by atoms with Crippen molar-refractivity contribution in [2.45, 2.75) is 25.7 Å². The van der Waals surface area contributed by atoms with Crippen molar-refractivity contribution in [1.29, 1.82) is 0 Å². The third kappa shape index (κ3) is 3.65. The van der Waals surface area contributed by atoms with Crippen LogP contribution in [-0.4, -0.2) is 26.4 Å². The Morgan fingerprint density at radius 2 is 2.00 bits per heavy atom. The van der Waals surface area contributed by atoms with E-state index in [0.717, 1.165) is 16.1 Å². The van der Waals surface area contributed by atoms with E-state index in [2.05, 4.69) is 9.97 Å². The van der Waals surface area contributed by atoms with E-state index in [1.807, 2.05) is 40.2 Å². The first kappa shape index (κ1) is 17.9. The second kappa shape index (κ2) is 6.90. The number of aromatic amines is 1. The van der Waals surface area contributed by atoms with Gasteiger partial charge in [0.15, 0.2) is 0 Å². The highest BCUT2D eigenvalue weighted by Crippen LogP contribution is 2.29. The van der Waals surface area contributed by atoms with E-state index < -0.39 is 17.6 Å². The number of aromatic nitrogens is 3. The van der Waals surface area contributed by atoms with E-state index in [4.69, 9.17) is 0 Å². The first-order valence-electron chi connectivity index (χ1n) is 8.31. The Bertz CT molecular complexity index is 1010. The maximum atomic E-state index is 12.8. The first-order chi connectivity index (χ1) is 12.9. The number of rotatable bonds is 3. The molecule has 0 spiro atoms. The molecule has 140 valence electrons. The van der Waals surface area contributed by atoms with E-state index >= 15 is 0 Å². The second-order valence-corrected chi connectivity index (χ2v) is 7.23. The van der Waals surface area contributed by atoms with Crippen molar-refractivity contribution in [2.75, 3.05) is 6.54 Å². The average molecular weight is 392 g/mol. The molecule has 0 bridgehead atoms. The summed E-state index contributed by atoms with van der Waals surface area (Å²) >= 11 is 1.53. The summed E-state index contributed by atoms with van der Waals surface area (Å²) in [5, 5.41) is 0. The van der Waals surface area contributed by atoms with Gasteiger partial charge in [0.05, 0.1) is 22.5 Å². The average Bonchev–Trinajstić information content (AvgIpc) is 3.10. The van der Waals surface area contributed by atoms with Crippen molar-refractivity contribution < 1.29 is 13.2 Å². The van der Waals surface area contributed by atoms with E-state index in [0.29, 0.717) is 25.1 Å². The SMILES string of the molecule is O=c1[nH]c(C(F)(F)F)nc2c1CN(Cc1scnc1-c1ccccc1)CC2. The van der Waals surface area contributed by atoms with Crippen LogP contribution in [-0.2, 0) is 25.7 Å². The van der Waals surface area contributed by atoms with Gasteiger partial charge in [-0.1, -0.05) is 30.3 Å². The lowest BCUT2D eigenvalue weighted by atomic mass is 10.1. The lowest BCUT2D eigenvalue weighted by Crippen LogP contribution is -2.36. The molecule has 2 aromatic heterocycles. The van der Waals surface area contributed by atoms with Crippen LogP contribution in [0.2, 0.25) is 0 Å². The number of alkyl halides is 3. The largest absolute Gasteiger partial charge is 0.449 e. The van der Waals surface area contributed by atoms with Crippen molar-refractivity contribution in [3.8, 4) is 11.3 Å². The Balaban J connectivity index is 1.57. The number of thiazole rings is 1. The van der Waals surface area contributed by atoms with Gasteiger partial charge in [0.1, 0.15) is 0 Å². The number of fused-ring (bicyclic) bond motifs is 1. The van der Waals surface area contributed by atoms with Gasteiger partial charge in [0.2, 0.25) is 5.82 Å². The molecule has 1 aromatic carbocycles. The number of H-pyrrole nitrogens is 1. The third-order valence-electron chi connectivity index (χ3n) is 4.47. The van der Waals surface area contributed by atoms with Crippen LogP contribution in [0.5, 0.6) is 0 Å². The zero-order chi connectivity index (χ0) is 19.0. The molecule has 9 heteroatoms. The molecule has 0 fully saturated rings. The molecule has 0 saturated heterocycles. The number of benzene rings is 1. The van der Waals surface area contributed by atoms with Crippen LogP contribution in [0, 0.1) is 0 Å². The molecule has 0 aliphatic carbocycles. The first-order valence-corrected chi connectivity index (χ1v) is 9.19. The third-order valence-corrected chi connectivity index (χ3v) is 5.29. The Labute approximate surface area is 156 Å². The normalized spacial score (nSPS) is 14.9. The van der Waals surface area contributed by atoms with Crippen LogP contribution in [0.25, 0.3) is 11.3 Å². The van der Waals surface area contributed by atoms with Gasteiger partial charge in [0, 0.05) is 36.5 Å². The highest BCUT2D eigenvalue weighted by atomic mass is 32.1. The summed E-state index contributed by atoms with van der Waals surface area (Å²) in [6.07, 6.45) is -4.35. The van der Waals surface area contributed by atoms with Crippen LogP contribution < -0.4 is 5.56 Å². The standard InChI is InChI=1S/C18H15F3N4OS/c19-18(20,21)17-23-13-6-7-25(8-12(13)16(26)24-17)9-14-15(22-10-27-14)11-4-2-1-3-5-11/h1-5,10H,6-9H2,(H,23,24,26). The molecule has 4 rings (SSSR count). The van der Waals surface area contributed by atoms with E-state index in [1.165, 1.54) is 11.3 Å². The molecule has 1 aliphatic heterocycles. The van der Waals surface area contributed by atoms with Crippen molar-refractivity contribution >= 4 is 11.3 Å². The van der Waals surface area contributed by atoms with Crippen LogP contribution in [0.15, 0.2) is 40.6 Å². The number of hydrogen-bond donors (Lipinski definition) is 1. The van der Waals surface area contributed by atoms with Crippen molar-refractivity contribution in [3.05, 3.63) is 68.2 Å². The monoisotopic (exact) mass is 392 g/mol. The summed E-state index contributed by atoms with van der Waals surface area (Å²) in [6, 6.07) is 9.79. The number of nitrogens with one attached hydrogen (secondary N) is 1. The second-order valence-electron chi connectivity index (χ2n) is 6.29. The lowest BCUT2D eigenvalue weighted by molar-refractivity contribution is -0.145. The highest BCUT2D eigenvalue weighted by Gasteiger charge is 2.36. The predicted molar refractivity (Wildman–Crippen MR) is 95.2 cm³/mol. The van der Waals surface area contributed by atoms with Crippen LogP contribution in [0.3, 0.4) is 0 Å². The Kier molecular flexibility index (Phi) is 4.56. The summed E-state index contributed by atoms with van der Waals surface area (Å²) in [7, 11) is 0. The van der Waals surface area contributed by atoms with Gasteiger partial charge in [-0.25, -0.2) is 9.97 Å². The van der Waals surface area contributed by atoms with Crippen molar-refractivity contribution in [2.24, 2.45) is 0 Å². The minimum atomic E-state index is -4.65.